The van der Waals surface area contributed by atoms with Crippen LogP contribution in [0, 0.1) is 5.92 Å². The first kappa shape index (κ1) is 24.4. The van der Waals surface area contributed by atoms with Gasteiger partial charge >= 0.3 is 0 Å². The van der Waals surface area contributed by atoms with E-state index in [9.17, 15) is 9.59 Å². The predicted molar refractivity (Wildman–Crippen MR) is 110 cm³/mol. The number of amides is 2. The second-order valence-electron chi connectivity index (χ2n) is 7.77. The van der Waals surface area contributed by atoms with Crippen molar-refractivity contribution in [3.63, 3.8) is 0 Å². The van der Waals surface area contributed by atoms with E-state index >= 15 is 0 Å². The maximum atomic E-state index is 12.5. The Morgan fingerprint density at radius 1 is 1.04 bits per heavy atom. The Labute approximate surface area is 164 Å². The van der Waals surface area contributed by atoms with Gasteiger partial charge in [0, 0.05) is 12.1 Å². The second-order valence-corrected chi connectivity index (χ2v) is 7.77. The third-order valence-corrected chi connectivity index (χ3v) is 4.15. The monoisotopic (exact) mass is 383 g/mol. The highest BCUT2D eigenvalue weighted by Crippen LogP contribution is 2.22. The quantitative estimate of drug-likeness (QED) is 0.604. The first-order valence-electron chi connectivity index (χ1n) is 9.00. The van der Waals surface area contributed by atoms with E-state index in [1.807, 2.05) is 45.2 Å². The van der Waals surface area contributed by atoms with Gasteiger partial charge in [0.05, 0.1) is 0 Å². The van der Waals surface area contributed by atoms with Crippen LogP contribution in [0.3, 0.4) is 0 Å². The van der Waals surface area contributed by atoms with Crippen molar-refractivity contribution in [2.45, 2.75) is 52.5 Å². The van der Waals surface area contributed by atoms with E-state index in [1.54, 1.807) is 0 Å². The van der Waals surface area contributed by atoms with Crippen LogP contribution in [0.1, 0.15) is 57.0 Å². The molecule has 5 nitrogen and oxygen atoms in total. The number of hydrogen-bond donors (Lipinski definition) is 3. The summed E-state index contributed by atoms with van der Waals surface area (Å²) in [5.74, 6) is -0.336. The van der Waals surface area contributed by atoms with E-state index in [4.69, 9.17) is 0 Å². The fourth-order valence-corrected chi connectivity index (χ4v) is 2.47. The lowest BCUT2D eigenvalue weighted by Crippen LogP contribution is -2.50. The van der Waals surface area contributed by atoms with Crippen molar-refractivity contribution in [3.05, 3.63) is 35.4 Å². The maximum Gasteiger partial charge on any atom is 0.251 e. The molecule has 2 amide bonds. The molecule has 1 unspecified atom stereocenters. The zero-order chi connectivity index (χ0) is 19.0. The number of nitrogens with one attached hydrogen (secondary N) is 3. The minimum atomic E-state index is -0.538. The van der Waals surface area contributed by atoms with E-state index in [-0.39, 0.29) is 35.6 Å². The number of carbonyl (C=O) groups is 2. The Kier molecular flexibility index (Phi) is 10.5. The van der Waals surface area contributed by atoms with Gasteiger partial charge in [-0.3, -0.25) is 9.59 Å². The molecule has 1 rings (SSSR count). The number of halogens is 1. The Bertz CT molecular complexity index is 565. The lowest BCUT2D eigenvalue weighted by molar-refractivity contribution is -0.123. The minimum Gasteiger partial charge on any atom is -0.354 e. The predicted octanol–water partition coefficient (Wildman–Crippen LogP) is 2.89. The molecular weight excluding hydrogens is 350 g/mol. The first-order chi connectivity index (χ1) is 11.7. The highest BCUT2D eigenvalue weighted by atomic mass is 35.5. The van der Waals surface area contributed by atoms with Crippen molar-refractivity contribution >= 4 is 24.2 Å². The highest BCUT2D eigenvalue weighted by molar-refractivity contribution is 5.97. The summed E-state index contributed by atoms with van der Waals surface area (Å²) in [5.41, 5.74) is 1.79. The van der Waals surface area contributed by atoms with Crippen LogP contribution < -0.4 is 16.0 Å². The average Bonchev–Trinajstić information content (AvgIpc) is 2.55. The molecule has 26 heavy (non-hydrogen) atoms. The van der Waals surface area contributed by atoms with E-state index in [2.05, 4.69) is 36.7 Å². The molecule has 0 radical (unpaired) electrons. The van der Waals surface area contributed by atoms with Crippen molar-refractivity contribution in [1.29, 1.82) is 0 Å². The Morgan fingerprint density at radius 3 is 2.08 bits per heavy atom. The van der Waals surface area contributed by atoms with Gasteiger partial charge in [-0.05, 0) is 49.0 Å². The molecule has 148 valence electrons. The molecule has 1 aromatic rings. The third-order valence-electron chi connectivity index (χ3n) is 4.15. The lowest BCUT2D eigenvalue weighted by Gasteiger charge is -2.22. The largest absolute Gasteiger partial charge is 0.354 e. The molecule has 1 atom stereocenters. The van der Waals surface area contributed by atoms with Gasteiger partial charge < -0.3 is 16.0 Å². The van der Waals surface area contributed by atoms with Crippen molar-refractivity contribution in [1.82, 2.24) is 16.0 Å². The Balaban J connectivity index is 0.00000625. The van der Waals surface area contributed by atoms with Crippen molar-refractivity contribution in [3.8, 4) is 0 Å². The van der Waals surface area contributed by atoms with Crippen molar-refractivity contribution in [2.75, 3.05) is 20.1 Å². The summed E-state index contributed by atoms with van der Waals surface area (Å²) in [6, 6.07) is 7.04. The molecule has 0 bridgehead atoms. The molecule has 3 N–H and O–H groups in total. The first-order valence-corrected chi connectivity index (χ1v) is 9.00. The van der Waals surface area contributed by atoms with Crippen LogP contribution in [0.2, 0.25) is 0 Å². The fraction of sp³-hybridized carbons (Fsp3) is 0.600. The smallest absolute Gasteiger partial charge is 0.251 e. The van der Waals surface area contributed by atoms with Crippen LogP contribution in [0.5, 0.6) is 0 Å². The van der Waals surface area contributed by atoms with Gasteiger partial charge in [0.25, 0.3) is 5.91 Å². The van der Waals surface area contributed by atoms with E-state index in [1.165, 1.54) is 5.56 Å². The molecule has 0 aliphatic heterocycles. The summed E-state index contributed by atoms with van der Waals surface area (Å²) in [6.07, 6.45) is 0.856. The molecular formula is C20H34ClN3O2. The maximum absolute atomic E-state index is 12.5. The van der Waals surface area contributed by atoms with E-state index < -0.39 is 6.04 Å². The summed E-state index contributed by atoms with van der Waals surface area (Å²) in [6.45, 7) is 11.7. The summed E-state index contributed by atoms with van der Waals surface area (Å²) >= 11 is 0. The average molecular weight is 384 g/mol. The topological polar surface area (TPSA) is 70.2 Å². The minimum absolute atomic E-state index is 0. The normalized spacial score (nSPS) is 12.3. The van der Waals surface area contributed by atoms with Crippen molar-refractivity contribution in [2.24, 2.45) is 5.92 Å². The third kappa shape index (κ3) is 7.75. The fourth-order valence-electron chi connectivity index (χ4n) is 2.47. The van der Waals surface area contributed by atoms with Crippen LogP contribution >= 0.6 is 12.4 Å². The molecule has 0 saturated carbocycles. The lowest BCUT2D eigenvalue weighted by atomic mass is 9.86. The molecule has 0 spiro atoms. The highest BCUT2D eigenvalue weighted by Gasteiger charge is 2.24. The molecule has 0 saturated heterocycles. The van der Waals surface area contributed by atoms with Gasteiger partial charge in [-0.25, -0.2) is 0 Å². The van der Waals surface area contributed by atoms with Gasteiger partial charge in [-0.1, -0.05) is 46.8 Å². The molecule has 0 heterocycles. The van der Waals surface area contributed by atoms with Crippen LogP contribution in [0.4, 0.5) is 0 Å². The number of benzene rings is 1. The summed E-state index contributed by atoms with van der Waals surface area (Å²) < 4.78 is 0. The molecule has 1 aromatic carbocycles. The van der Waals surface area contributed by atoms with Crippen molar-refractivity contribution < 1.29 is 9.59 Å². The molecule has 0 aliphatic rings. The molecule has 0 fully saturated rings. The standard InChI is InChI=1S/C20H33N3O2.ClH/c1-14(2)17(19(25)22-13-7-12-21-6)23-18(24)15-8-10-16(11-9-15)20(3,4)5;/h8-11,14,17,21H,7,12-13H2,1-6H3,(H,22,25)(H,23,24);1H. The van der Waals surface area contributed by atoms with Gasteiger partial charge in [0.2, 0.25) is 5.91 Å². The van der Waals surface area contributed by atoms with Crippen LogP contribution in [-0.4, -0.2) is 38.0 Å². The zero-order valence-electron chi connectivity index (χ0n) is 16.8. The number of carbonyl (C=O) groups excluding carboxylic acids is 2. The number of rotatable bonds is 8. The molecule has 6 heteroatoms. The summed E-state index contributed by atoms with van der Waals surface area (Å²) in [7, 11) is 1.88. The molecule has 0 aromatic heterocycles. The SMILES string of the molecule is CNCCCNC(=O)C(NC(=O)c1ccc(C(C)(C)C)cc1)C(C)C.Cl. The molecule has 0 aliphatic carbocycles. The Morgan fingerprint density at radius 2 is 1.62 bits per heavy atom. The summed E-state index contributed by atoms with van der Waals surface area (Å²) in [5, 5.41) is 8.80. The van der Waals surface area contributed by atoms with Gasteiger partial charge in [0.1, 0.15) is 6.04 Å². The van der Waals surface area contributed by atoms with E-state index in [0.717, 1.165) is 13.0 Å². The number of hydrogen-bond acceptors (Lipinski definition) is 3. The Hall–Kier alpha value is -1.59. The van der Waals surface area contributed by atoms with Gasteiger partial charge in [0.15, 0.2) is 0 Å². The van der Waals surface area contributed by atoms with Crippen LogP contribution in [-0.2, 0) is 10.2 Å². The van der Waals surface area contributed by atoms with E-state index in [0.29, 0.717) is 12.1 Å². The zero-order valence-corrected chi connectivity index (χ0v) is 17.6. The summed E-state index contributed by atoms with van der Waals surface area (Å²) in [4.78, 5) is 24.9. The van der Waals surface area contributed by atoms with Gasteiger partial charge in [-0.15, -0.1) is 12.4 Å². The van der Waals surface area contributed by atoms with Gasteiger partial charge in [-0.2, -0.15) is 0 Å². The second kappa shape index (κ2) is 11.2. The van der Waals surface area contributed by atoms with Crippen LogP contribution in [0.15, 0.2) is 24.3 Å². The van der Waals surface area contributed by atoms with Crippen LogP contribution in [0.25, 0.3) is 0 Å².